The highest BCUT2D eigenvalue weighted by molar-refractivity contribution is 6.35. The molecule has 1 aromatic carbocycles. The molecule has 0 heterocycles. The zero-order chi connectivity index (χ0) is 10.4. The minimum atomic E-state index is 0.774. The Bertz CT molecular complexity index is 285. The summed E-state index contributed by atoms with van der Waals surface area (Å²) >= 11 is 12.1. The van der Waals surface area contributed by atoms with Crippen molar-refractivity contribution in [1.82, 2.24) is 0 Å². The van der Waals surface area contributed by atoms with Gasteiger partial charge in [-0.1, -0.05) is 35.3 Å². The minimum Gasteiger partial charge on any atom is -0.103 e. The number of hydrogen-bond donors (Lipinski definition) is 0. The van der Waals surface area contributed by atoms with E-state index in [9.17, 15) is 0 Å². The third kappa shape index (κ3) is 3.36. The van der Waals surface area contributed by atoms with E-state index in [1.165, 1.54) is 0 Å². The van der Waals surface area contributed by atoms with E-state index in [4.69, 9.17) is 23.2 Å². The largest absolute Gasteiger partial charge is 0.103 e. The van der Waals surface area contributed by atoms with Crippen molar-refractivity contribution < 1.29 is 0 Å². The lowest BCUT2D eigenvalue weighted by molar-refractivity contribution is 0.748. The molecule has 0 spiro atoms. The van der Waals surface area contributed by atoms with Gasteiger partial charge in [0.15, 0.2) is 0 Å². The molecular weight excluding hydrogens is 215 g/mol. The Labute approximate surface area is 95.5 Å². The van der Waals surface area contributed by atoms with E-state index in [2.05, 4.69) is 6.58 Å². The monoisotopic (exact) mass is 228 g/mol. The smallest absolute Gasteiger partial charge is 0.0452 e. The van der Waals surface area contributed by atoms with Crippen LogP contribution in [0, 0.1) is 0 Å². The van der Waals surface area contributed by atoms with E-state index >= 15 is 0 Å². The topological polar surface area (TPSA) is 0 Å². The van der Waals surface area contributed by atoms with Gasteiger partial charge in [0.25, 0.3) is 0 Å². The molecule has 0 atom stereocenters. The average molecular weight is 229 g/mol. The summed E-state index contributed by atoms with van der Waals surface area (Å²) in [5.74, 6) is 0. The highest BCUT2D eigenvalue weighted by Crippen LogP contribution is 2.25. The van der Waals surface area contributed by atoms with Crippen molar-refractivity contribution in [1.29, 1.82) is 0 Å². The lowest BCUT2D eigenvalue weighted by Gasteiger charge is -2.05. The Kier molecular flexibility index (Phi) is 5.06. The summed E-state index contributed by atoms with van der Waals surface area (Å²) in [6.45, 7) is 3.69. The van der Waals surface area contributed by atoms with E-state index in [1.54, 1.807) is 0 Å². The van der Waals surface area contributed by atoms with E-state index < -0.39 is 0 Å². The van der Waals surface area contributed by atoms with Gasteiger partial charge in [-0.25, -0.2) is 0 Å². The van der Waals surface area contributed by atoms with Gasteiger partial charge in [0.2, 0.25) is 0 Å². The predicted octanol–water partition coefficient (Wildman–Crippen LogP) is 4.89. The molecule has 2 heteroatoms. The molecule has 0 nitrogen and oxygen atoms in total. The van der Waals surface area contributed by atoms with Crippen molar-refractivity contribution in [3.8, 4) is 0 Å². The maximum Gasteiger partial charge on any atom is 0.0452 e. The number of allylic oxidation sites excluding steroid dienone is 1. The molecule has 0 aliphatic rings. The quantitative estimate of drug-likeness (QED) is 0.498. The normalized spacial score (nSPS) is 10.1. The van der Waals surface area contributed by atoms with E-state index in [0.717, 1.165) is 41.3 Å². The average Bonchev–Trinajstić information content (AvgIpc) is 2.16. The summed E-state index contributed by atoms with van der Waals surface area (Å²) < 4.78 is 0. The second kappa shape index (κ2) is 6.10. The molecule has 0 aliphatic carbocycles. The van der Waals surface area contributed by atoms with Crippen LogP contribution in [0.2, 0.25) is 10.0 Å². The SMILES string of the molecule is C=CCCCCc1c(Cl)cccc1Cl. The molecule has 0 bridgehead atoms. The van der Waals surface area contributed by atoms with Crippen LogP contribution in [0.15, 0.2) is 30.9 Å². The minimum absolute atomic E-state index is 0.774. The van der Waals surface area contributed by atoms with Crippen molar-refractivity contribution in [3.05, 3.63) is 46.5 Å². The molecule has 0 aromatic heterocycles. The van der Waals surface area contributed by atoms with E-state index in [1.807, 2.05) is 24.3 Å². The van der Waals surface area contributed by atoms with Gasteiger partial charge in [0.05, 0.1) is 0 Å². The third-order valence-electron chi connectivity index (χ3n) is 2.15. The first-order valence-corrected chi connectivity index (χ1v) is 5.55. The van der Waals surface area contributed by atoms with Gasteiger partial charge < -0.3 is 0 Å². The first-order chi connectivity index (χ1) is 6.75. The fourth-order valence-corrected chi connectivity index (χ4v) is 1.95. The molecule has 0 amide bonds. The summed E-state index contributed by atoms with van der Waals surface area (Å²) in [5.41, 5.74) is 1.07. The molecule has 0 N–H and O–H groups in total. The van der Waals surface area contributed by atoms with Gasteiger partial charge in [0, 0.05) is 10.0 Å². The van der Waals surface area contributed by atoms with Crippen LogP contribution in [0.3, 0.4) is 0 Å². The molecule has 1 rings (SSSR count). The standard InChI is InChI=1S/C12H14Cl2/c1-2-3-4-5-7-10-11(13)8-6-9-12(10)14/h2,6,8-9H,1,3-5,7H2. The number of benzene rings is 1. The lowest BCUT2D eigenvalue weighted by Crippen LogP contribution is -1.88. The number of unbranched alkanes of at least 4 members (excludes halogenated alkanes) is 2. The summed E-state index contributed by atoms with van der Waals surface area (Å²) in [7, 11) is 0. The molecule has 14 heavy (non-hydrogen) atoms. The van der Waals surface area contributed by atoms with Crippen molar-refractivity contribution in [2.45, 2.75) is 25.7 Å². The van der Waals surface area contributed by atoms with Crippen LogP contribution >= 0.6 is 23.2 Å². The van der Waals surface area contributed by atoms with Gasteiger partial charge in [-0.05, 0) is 43.4 Å². The molecule has 0 radical (unpaired) electrons. The second-order valence-corrected chi connectivity index (χ2v) is 4.05. The summed E-state index contributed by atoms with van der Waals surface area (Å²) in [6, 6.07) is 5.64. The van der Waals surface area contributed by atoms with Crippen LogP contribution in [-0.2, 0) is 6.42 Å². The Morgan fingerprint density at radius 1 is 1.14 bits per heavy atom. The maximum atomic E-state index is 6.04. The van der Waals surface area contributed by atoms with Gasteiger partial charge in [-0.2, -0.15) is 0 Å². The molecule has 0 fully saturated rings. The number of rotatable bonds is 5. The van der Waals surface area contributed by atoms with E-state index in [-0.39, 0.29) is 0 Å². The van der Waals surface area contributed by atoms with Gasteiger partial charge in [-0.15, -0.1) is 6.58 Å². The van der Waals surface area contributed by atoms with Crippen molar-refractivity contribution >= 4 is 23.2 Å². The molecule has 0 aliphatic heterocycles. The molecule has 0 saturated carbocycles. The molecular formula is C12H14Cl2. The van der Waals surface area contributed by atoms with Crippen molar-refractivity contribution in [2.75, 3.05) is 0 Å². The lowest BCUT2D eigenvalue weighted by atomic mass is 10.1. The summed E-state index contributed by atoms with van der Waals surface area (Å²) in [6.07, 6.45) is 6.20. The van der Waals surface area contributed by atoms with Crippen LogP contribution in [0.25, 0.3) is 0 Å². The fraction of sp³-hybridized carbons (Fsp3) is 0.333. The van der Waals surface area contributed by atoms with Crippen LogP contribution in [-0.4, -0.2) is 0 Å². The number of halogens is 2. The van der Waals surface area contributed by atoms with Crippen LogP contribution in [0.4, 0.5) is 0 Å². The van der Waals surface area contributed by atoms with Crippen molar-refractivity contribution in [2.24, 2.45) is 0 Å². The molecule has 1 aromatic rings. The Morgan fingerprint density at radius 3 is 2.36 bits per heavy atom. The first kappa shape index (κ1) is 11.6. The van der Waals surface area contributed by atoms with Gasteiger partial charge in [0.1, 0.15) is 0 Å². The molecule has 0 unspecified atom stereocenters. The summed E-state index contributed by atoms with van der Waals surface area (Å²) in [5, 5.41) is 1.55. The van der Waals surface area contributed by atoms with Crippen molar-refractivity contribution in [3.63, 3.8) is 0 Å². The Balaban J connectivity index is 2.53. The highest BCUT2D eigenvalue weighted by atomic mass is 35.5. The fourth-order valence-electron chi connectivity index (χ4n) is 1.36. The first-order valence-electron chi connectivity index (χ1n) is 4.79. The number of hydrogen-bond acceptors (Lipinski definition) is 0. The maximum absolute atomic E-state index is 6.04. The van der Waals surface area contributed by atoms with Gasteiger partial charge >= 0.3 is 0 Å². The van der Waals surface area contributed by atoms with Crippen LogP contribution in [0.1, 0.15) is 24.8 Å². The summed E-state index contributed by atoms with van der Waals surface area (Å²) in [4.78, 5) is 0. The van der Waals surface area contributed by atoms with Crippen LogP contribution in [0.5, 0.6) is 0 Å². The zero-order valence-corrected chi connectivity index (χ0v) is 9.61. The Morgan fingerprint density at radius 2 is 1.79 bits per heavy atom. The predicted molar refractivity (Wildman–Crippen MR) is 64.2 cm³/mol. The van der Waals surface area contributed by atoms with Crippen LogP contribution < -0.4 is 0 Å². The highest BCUT2D eigenvalue weighted by Gasteiger charge is 2.03. The Hall–Kier alpha value is -0.460. The zero-order valence-electron chi connectivity index (χ0n) is 8.10. The van der Waals surface area contributed by atoms with E-state index in [0.29, 0.717) is 0 Å². The molecule has 76 valence electrons. The second-order valence-electron chi connectivity index (χ2n) is 3.23. The third-order valence-corrected chi connectivity index (χ3v) is 2.85. The molecule has 0 saturated heterocycles. The van der Waals surface area contributed by atoms with Gasteiger partial charge in [-0.3, -0.25) is 0 Å².